The van der Waals surface area contributed by atoms with Crippen molar-refractivity contribution in [2.75, 3.05) is 12.9 Å². The topological polar surface area (TPSA) is 116 Å². The van der Waals surface area contributed by atoms with E-state index in [0.29, 0.717) is 31.6 Å². The van der Waals surface area contributed by atoms with Gasteiger partial charge in [-0.25, -0.2) is 0 Å². The minimum absolute atomic E-state index is 0.00608. The molecule has 318 valence electrons. The van der Waals surface area contributed by atoms with Crippen molar-refractivity contribution in [2.24, 2.45) is 23.7 Å². The van der Waals surface area contributed by atoms with E-state index < -0.39 is 68.5 Å². The zero-order valence-electron chi connectivity index (χ0n) is 36.9. The quantitative estimate of drug-likeness (QED) is 0.107. The second-order valence-corrected chi connectivity index (χ2v) is 31.0. The van der Waals surface area contributed by atoms with Crippen molar-refractivity contribution >= 4 is 32.7 Å². The predicted molar refractivity (Wildman–Crippen MR) is 226 cm³/mol. The summed E-state index contributed by atoms with van der Waals surface area (Å²) in [6.45, 7) is 30.3. The Kier molecular flexibility index (Phi) is 13.5. The summed E-state index contributed by atoms with van der Waals surface area (Å²) in [5, 5.41) is -0.0627. The summed E-state index contributed by atoms with van der Waals surface area (Å²) in [5.41, 5.74) is 1.35. The van der Waals surface area contributed by atoms with Crippen LogP contribution in [0.2, 0.25) is 37.8 Å². The van der Waals surface area contributed by atoms with E-state index in [1.54, 1.807) is 0 Å². The van der Waals surface area contributed by atoms with E-state index in [1.165, 1.54) is 0 Å². The Bertz CT molecular complexity index is 1690. The molecule has 5 rings (SSSR count). The van der Waals surface area contributed by atoms with Gasteiger partial charge in [0, 0.05) is 25.2 Å². The number of rotatable bonds is 7. The van der Waals surface area contributed by atoms with Crippen LogP contribution in [0.5, 0.6) is 0 Å². The number of carbonyl (C=O) groups excluding carboxylic acids is 1. The zero-order chi connectivity index (χ0) is 41.8. The maximum absolute atomic E-state index is 15.1. The molecule has 0 N–H and O–H groups in total. The molecule has 0 aromatic rings. The van der Waals surface area contributed by atoms with Gasteiger partial charge in [-0.3, -0.25) is 8.98 Å². The molecule has 0 amide bonds. The fraction of sp³-hybridized carbons (Fsp3) is 0.791. The van der Waals surface area contributed by atoms with Crippen molar-refractivity contribution in [3.63, 3.8) is 0 Å². The molecule has 3 saturated heterocycles. The molecule has 13 heteroatoms. The summed E-state index contributed by atoms with van der Waals surface area (Å²) in [5.74, 6) is -1.74. The van der Waals surface area contributed by atoms with Crippen LogP contribution in [0, 0.1) is 23.7 Å². The molecule has 1 unspecified atom stereocenters. The summed E-state index contributed by atoms with van der Waals surface area (Å²) in [6.07, 6.45) is 11.4. The van der Waals surface area contributed by atoms with Crippen molar-refractivity contribution < 1.29 is 45.2 Å². The number of ether oxygens (including phenoxy) is 4. The Morgan fingerprint density at radius 2 is 1.66 bits per heavy atom. The molecule has 1 spiro atoms. The average molecular weight is 837 g/mol. The third kappa shape index (κ3) is 9.95. The van der Waals surface area contributed by atoms with Crippen molar-refractivity contribution in [1.82, 2.24) is 0 Å². The molecule has 1 aliphatic carbocycles. The lowest BCUT2D eigenvalue weighted by molar-refractivity contribution is -0.340. The largest absolute Gasteiger partial charge is 0.462 e. The lowest BCUT2D eigenvalue weighted by atomic mass is 9.71. The van der Waals surface area contributed by atoms with Gasteiger partial charge in [0.25, 0.3) is 10.1 Å². The van der Waals surface area contributed by atoms with E-state index in [2.05, 4.69) is 74.3 Å². The van der Waals surface area contributed by atoms with E-state index in [1.807, 2.05) is 51.2 Å². The van der Waals surface area contributed by atoms with Gasteiger partial charge < -0.3 is 27.8 Å². The first-order valence-corrected chi connectivity index (χ1v) is 29.0. The molecule has 11 atom stereocenters. The van der Waals surface area contributed by atoms with Gasteiger partial charge in [0.1, 0.15) is 29.8 Å². The van der Waals surface area contributed by atoms with Gasteiger partial charge >= 0.3 is 5.97 Å². The van der Waals surface area contributed by atoms with Crippen LogP contribution in [0.15, 0.2) is 47.1 Å². The van der Waals surface area contributed by atoms with E-state index in [4.69, 9.17) is 32.0 Å². The zero-order valence-corrected chi connectivity index (χ0v) is 39.7. The Balaban J connectivity index is 1.69. The Morgan fingerprint density at radius 1 is 0.982 bits per heavy atom. The van der Waals surface area contributed by atoms with Crippen molar-refractivity contribution in [2.45, 2.75) is 180 Å². The van der Waals surface area contributed by atoms with Gasteiger partial charge in [0.2, 0.25) is 0 Å². The van der Waals surface area contributed by atoms with Crippen LogP contribution in [0.25, 0.3) is 0 Å². The van der Waals surface area contributed by atoms with Gasteiger partial charge in [0.15, 0.2) is 22.4 Å². The molecule has 4 heterocycles. The normalized spacial score (nSPS) is 40.2. The van der Waals surface area contributed by atoms with Crippen molar-refractivity contribution in [3.05, 3.63) is 47.1 Å². The van der Waals surface area contributed by atoms with E-state index in [9.17, 15) is 8.42 Å². The highest BCUT2D eigenvalue weighted by atomic mass is 32.2. The third-order valence-corrected chi connectivity index (χ3v) is 18.8. The van der Waals surface area contributed by atoms with Gasteiger partial charge in [-0.05, 0) is 93.0 Å². The molecule has 0 radical (unpaired) electrons. The molecule has 5 aliphatic rings. The van der Waals surface area contributed by atoms with Crippen LogP contribution < -0.4 is 0 Å². The smallest absolute Gasteiger partial charge is 0.316 e. The first-order valence-electron chi connectivity index (χ1n) is 20.8. The summed E-state index contributed by atoms with van der Waals surface area (Å²) < 4.78 is 72.8. The van der Waals surface area contributed by atoms with E-state index in [0.717, 1.165) is 29.4 Å². The van der Waals surface area contributed by atoms with Crippen LogP contribution in [-0.2, 0) is 46.9 Å². The van der Waals surface area contributed by atoms with E-state index >= 15 is 4.79 Å². The number of esters is 1. The van der Waals surface area contributed by atoms with E-state index in [-0.39, 0.29) is 41.7 Å². The van der Waals surface area contributed by atoms with Gasteiger partial charge in [0.05, 0.1) is 31.2 Å². The fourth-order valence-corrected chi connectivity index (χ4v) is 12.5. The minimum Gasteiger partial charge on any atom is -0.462 e. The third-order valence-electron chi connectivity index (χ3n) is 12.8. The molecule has 3 fully saturated rings. The Hall–Kier alpha value is -1.43. The first kappa shape index (κ1) is 45.7. The maximum Gasteiger partial charge on any atom is 0.316 e. The molecular weight excluding hydrogens is 765 g/mol. The predicted octanol–water partition coefficient (Wildman–Crippen LogP) is 9.01. The lowest BCUT2D eigenvalue weighted by Gasteiger charge is -2.52. The molecule has 0 aromatic carbocycles. The molecule has 0 aromatic heterocycles. The van der Waals surface area contributed by atoms with Gasteiger partial charge in [-0.15, -0.1) is 0 Å². The van der Waals surface area contributed by atoms with Gasteiger partial charge in [-0.1, -0.05) is 78.8 Å². The van der Waals surface area contributed by atoms with Gasteiger partial charge in [-0.2, -0.15) is 8.42 Å². The monoisotopic (exact) mass is 836 g/mol. The van der Waals surface area contributed by atoms with Crippen molar-refractivity contribution in [3.8, 4) is 0 Å². The number of fused-ring (bicyclic) bond motifs is 2. The Labute approximate surface area is 340 Å². The highest BCUT2D eigenvalue weighted by Crippen LogP contribution is 2.52. The van der Waals surface area contributed by atoms with Crippen LogP contribution in [0.4, 0.5) is 0 Å². The van der Waals surface area contributed by atoms with Crippen LogP contribution >= 0.6 is 0 Å². The summed E-state index contributed by atoms with van der Waals surface area (Å²) in [7, 11) is -8.52. The second-order valence-electron chi connectivity index (χ2n) is 20.3. The standard InChI is InChI=1S/C43H72O10SSi2/c1-27(2)36-30(5)21-22-42(50-36)25-34-24-33(49-42)20-19-29(4)37(51-54(10,45)46)28(3)17-16-18-32-26-47-39-38(52-56(14,15)41(7,8)9)31(6)23-35(40(44)48-34)43(32,39)53-55(11,12)13/h16-19,23,27-28,30,33-39H,20-22,24-26H2,1-15H3/b17-16+,29-19+,32-18+/t28-,30-,33+,34-,35-,36-,37+,38?,39+,42+,43+/m0/s1. The Morgan fingerprint density at radius 3 is 2.27 bits per heavy atom. The minimum atomic E-state index is -3.79. The van der Waals surface area contributed by atoms with Crippen LogP contribution in [0.1, 0.15) is 94.4 Å². The molecular formula is C43H72O10SSi2. The van der Waals surface area contributed by atoms with Crippen LogP contribution in [0.3, 0.4) is 0 Å². The fourth-order valence-electron chi connectivity index (χ4n) is 9.08. The summed E-state index contributed by atoms with van der Waals surface area (Å²) in [6, 6.07) is 0. The molecule has 10 nitrogen and oxygen atoms in total. The maximum atomic E-state index is 15.1. The highest BCUT2D eigenvalue weighted by Gasteiger charge is 2.64. The average Bonchev–Trinajstić information content (AvgIpc) is 3.40. The second kappa shape index (κ2) is 16.6. The number of carbonyl (C=O) groups is 1. The SMILES string of the molecule is CC1=C[C@H]2C(=O)O[C@H]3C[C@@H](C/C=C(\C)[C@H](OS(C)(=O)=O)[C@@H](C)/C=C/C=C4\CO[C@H](C1O[Si](C)(C)C(C)(C)C)[C@@]42O[Si](C)(C)C)O[C@@]1(CC[C@H](C)[C@H](C(C)C)O1)C3. The number of hydrogen-bond acceptors (Lipinski definition) is 10. The van der Waals surface area contributed by atoms with Crippen molar-refractivity contribution in [1.29, 1.82) is 0 Å². The molecule has 2 bridgehead atoms. The molecule has 56 heavy (non-hydrogen) atoms. The lowest BCUT2D eigenvalue weighted by Crippen LogP contribution is -2.64. The van der Waals surface area contributed by atoms with Crippen LogP contribution in [-0.4, -0.2) is 91.9 Å². The highest BCUT2D eigenvalue weighted by molar-refractivity contribution is 7.86. The molecule has 0 saturated carbocycles. The molecule has 4 aliphatic heterocycles. The number of hydrogen-bond donors (Lipinski definition) is 0. The summed E-state index contributed by atoms with van der Waals surface area (Å²) in [4.78, 5) is 15.1. The first-order chi connectivity index (χ1) is 25.7. The summed E-state index contributed by atoms with van der Waals surface area (Å²) >= 11 is 0. The number of allylic oxidation sites excluding steroid dienone is 2.